The normalized spacial score (nSPS) is 11.2. The Labute approximate surface area is 101 Å². The minimum atomic E-state index is -1.17. The van der Waals surface area contributed by atoms with Gasteiger partial charge >= 0.3 is 5.97 Å². The summed E-state index contributed by atoms with van der Waals surface area (Å²) in [7, 11) is 0. The highest BCUT2D eigenvalue weighted by molar-refractivity contribution is 6.39. The third-order valence-corrected chi connectivity index (χ3v) is 1.96. The summed E-state index contributed by atoms with van der Waals surface area (Å²) in [5.41, 5.74) is -0.119. The number of rotatable bonds is 4. The number of ether oxygens (including phenoxy) is 1. The lowest BCUT2D eigenvalue weighted by atomic mass is 10.1. The van der Waals surface area contributed by atoms with Gasteiger partial charge in [-0.25, -0.2) is 13.6 Å². The first-order valence-corrected chi connectivity index (χ1v) is 5.03. The van der Waals surface area contributed by atoms with Crippen LogP contribution in [0, 0.1) is 11.6 Å². The van der Waals surface area contributed by atoms with Gasteiger partial charge in [-0.3, -0.25) is 4.79 Å². The van der Waals surface area contributed by atoms with Gasteiger partial charge in [0.2, 0.25) is 0 Å². The number of esters is 1. The lowest BCUT2D eigenvalue weighted by Crippen LogP contribution is -2.15. The molecule has 0 saturated heterocycles. The zero-order chi connectivity index (χ0) is 13.7. The average molecular weight is 256 g/mol. The van der Waals surface area contributed by atoms with E-state index in [0.29, 0.717) is 12.1 Å². The molecule has 96 valence electrons. The number of ketones is 1. The predicted octanol–water partition coefficient (Wildman–Crippen LogP) is 2.00. The molecule has 1 N–H and O–H groups in total. The van der Waals surface area contributed by atoms with E-state index in [4.69, 9.17) is 0 Å². The summed E-state index contributed by atoms with van der Waals surface area (Å²) in [4.78, 5) is 22.2. The van der Waals surface area contributed by atoms with Gasteiger partial charge in [0.05, 0.1) is 6.61 Å². The van der Waals surface area contributed by atoms with Gasteiger partial charge in [-0.05, 0) is 25.1 Å². The van der Waals surface area contributed by atoms with Crippen molar-refractivity contribution in [2.75, 3.05) is 6.61 Å². The van der Waals surface area contributed by atoms with Crippen LogP contribution in [-0.2, 0) is 14.3 Å². The van der Waals surface area contributed by atoms with Gasteiger partial charge in [0, 0.05) is 11.6 Å². The van der Waals surface area contributed by atoms with Crippen LogP contribution in [0.3, 0.4) is 0 Å². The Kier molecular flexibility index (Phi) is 4.53. The van der Waals surface area contributed by atoms with E-state index in [9.17, 15) is 23.5 Å². The van der Waals surface area contributed by atoms with Gasteiger partial charge in [-0.1, -0.05) is 0 Å². The first-order chi connectivity index (χ1) is 8.45. The van der Waals surface area contributed by atoms with Crippen LogP contribution in [0.1, 0.15) is 12.5 Å². The van der Waals surface area contributed by atoms with Crippen molar-refractivity contribution in [3.05, 3.63) is 41.5 Å². The van der Waals surface area contributed by atoms with E-state index in [1.807, 2.05) is 0 Å². The zero-order valence-electron chi connectivity index (χ0n) is 9.44. The van der Waals surface area contributed by atoms with Gasteiger partial charge in [-0.15, -0.1) is 0 Å². The zero-order valence-corrected chi connectivity index (χ0v) is 9.44. The predicted molar refractivity (Wildman–Crippen MR) is 58.6 cm³/mol. The van der Waals surface area contributed by atoms with Gasteiger partial charge in [0.1, 0.15) is 5.76 Å². The molecule has 0 aromatic heterocycles. The number of aliphatic hydroxyl groups excluding tert-OH is 1. The van der Waals surface area contributed by atoms with Crippen molar-refractivity contribution < 1.29 is 28.2 Å². The van der Waals surface area contributed by atoms with Crippen LogP contribution in [-0.4, -0.2) is 23.5 Å². The highest BCUT2D eigenvalue weighted by Gasteiger charge is 2.14. The monoisotopic (exact) mass is 256 g/mol. The van der Waals surface area contributed by atoms with Crippen molar-refractivity contribution in [1.29, 1.82) is 0 Å². The third-order valence-electron chi connectivity index (χ3n) is 1.96. The van der Waals surface area contributed by atoms with Crippen molar-refractivity contribution in [3.63, 3.8) is 0 Å². The minimum absolute atomic E-state index is 0.0182. The Morgan fingerprint density at radius 3 is 2.56 bits per heavy atom. The van der Waals surface area contributed by atoms with E-state index >= 15 is 0 Å². The summed E-state index contributed by atoms with van der Waals surface area (Å²) in [6.07, 6.45) is 0.588. The van der Waals surface area contributed by atoms with Gasteiger partial charge in [0.15, 0.2) is 11.6 Å². The summed E-state index contributed by atoms with van der Waals surface area (Å²) in [5, 5.41) is 9.47. The molecule has 6 heteroatoms. The SMILES string of the molecule is CCOC(=O)C(=O)/C=C(/O)c1ccc(F)c(F)c1. The maximum Gasteiger partial charge on any atom is 0.379 e. The average Bonchev–Trinajstić information content (AvgIpc) is 2.32. The molecular weight excluding hydrogens is 246 g/mol. The Balaban J connectivity index is 2.92. The molecule has 0 aliphatic rings. The number of benzene rings is 1. The van der Waals surface area contributed by atoms with Crippen LogP contribution < -0.4 is 0 Å². The second kappa shape index (κ2) is 5.90. The van der Waals surface area contributed by atoms with Gasteiger partial charge in [0.25, 0.3) is 5.78 Å². The fourth-order valence-corrected chi connectivity index (χ4v) is 1.12. The maximum absolute atomic E-state index is 12.9. The van der Waals surface area contributed by atoms with Crippen LogP contribution in [0.2, 0.25) is 0 Å². The molecule has 0 atom stereocenters. The van der Waals surface area contributed by atoms with E-state index in [0.717, 1.165) is 12.1 Å². The van der Waals surface area contributed by atoms with E-state index in [1.54, 1.807) is 0 Å². The molecule has 4 nitrogen and oxygen atoms in total. The van der Waals surface area contributed by atoms with Crippen molar-refractivity contribution in [2.24, 2.45) is 0 Å². The maximum atomic E-state index is 12.9. The Bertz CT molecular complexity index is 509. The standard InChI is InChI=1S/C12H10F2O4/c1-2-18-12(17)11(16)6-10(15)7-3-4-8(13)9(14)5-7/h3-6,15H,2H2,1H3/b10-6+. The largest absolute Gasteiger partial charge is 0.507 e. The number of carbonyl (C=O) groups is 2. The number of aliphatic hydroxyl groups is 1. The number of hydrogen-bond acceptors (Lipinski definition) is 4. The topological polar surface area (TPSA) is 63.6 Å². The molecule has 0 fully saturated rings. The second-order valence-electron chi connectivity index (χ2n) is 3.24. The Hall–Kier alpha value is -2.24. The van der Waals surface area contributed by atoms with Crippen molar-refractivity contribution >= 4 is 17.5 Å². The van der Waals surface area contributed by atoms with Gasteiger partial charge < -0.3 is 9.84 Å². The van der Waals surface area contributed by atoms with E-state index in [1.165, 1.54) is 6.92 Å². The van der Waals surface area contributed by atoms with E-state index < -0.39 is 29.1 Å². The first-order valence-electron chi connectivity index (χ1n) is 5.03. The fourth-order valence-electron chi connectivity index (χ4n) is 1.12. The highest BCUT2D eigenvalue weighted by atomic mass is 19.2. The smallest absolute Gasteiger partial charge is 0.379 e. The molecule has 0 aliphatic heterocycles. The van der Waals surface area contributed by atoms with Crippen LogP contribution in [0.25, 0.3) is 5.76 Å². The molecule has 0 aliphatic carbocycles. The number of hydrogen-bond donors (Lipinski definition) is 1. The van der Waals surface area contributed by atoms with Crippen LogP contribution in [0.4, 0.5) is 8.78 Å². The summed E-state index contributed by atoms with van der Waals surface area (Å²) >= 11 is 0. The molecule has 0 radical (unpaired) electrons. The number of carbonyl (C=O) groups excluding carboxylic acids is 2. The van der Waals surface area contributed by atoms with Crippen LogP contribution in [0.5, 0.6) is 0 Å². The molecule has 0 saturated carbocycles. The number of halogens is 2. The molecule has 1 rings (SSSR count). The molecule has 1 aromatic rings. The third kappa shape index (κ3) is 3.38. The van der Waals surface area contributed by atoms with E-state index in [2.05, 4.69) is 4.74 Å². The van der Waals surface area contributed by atoms with Crippen LogP contribution in [0.15, 0.2) is 24.3 Å². The molecule has 0 spiro atoms. The van der Waals surface area contributed by atoms with Crippen LogP contribution >= 0.6 is 0 Å². The summed E-state index contributed by atoms with van der Waals surface area (Å²) in [6, 6.07) is 2.58. The molecule has 1 aromatic carbocycles. The fraction of sp³-hybridized carbons (Fsp3) is 0.167. The quantitative estimate of drug-likeness (QED) is 0.387. The summed E-state index contributed by atoms with van der Waals surface area (Å²) < 4.78 is 29.9. The minimum Gasteiger partial charge on any atom is -0.507 e. The first kappa shape index (κ1) is 13.8. The van der Waals surface area contributed by atoms with Crippen molar-refractivity contribution in [3.8, 4) is 0 Å². The molecule has 0 bridgehead atoms. The summed E-state index contributed by atoms with van der Waals surface area (Å²) in [6.45, 7) is 1.54. The lowest BCUT2D eigenvalue weighted by Gasteiger charge is -2.01. The lowest BCUT2D eigenvalue weighted by molar-refractivity contribution is -0.151. The van der Waals surface area contributed by atoms with Gasteiger partial charge in [-0.2, -0.15) is 0 Å². The molecule has 18 heavy (non-hydrogen) atoms. The highest BCUT2D eigenvalue weighted by Crippen LogP contribution is 2.15. The Morgan fingerprint density at radius 2 is 2.00 bits per heavy atom. The second-order valence-corrected chi connectivity index (χ2v) is 3.24. The molecule has 0 amide bonds. The Morgan fingerprint density at radius 1 is 1.33 bits per heavy atom. The van der Waals surface area contributed by atoms with Crippen molar-refractivity contribution in [1.82, 2.24) is 0 Å². The molecular formula is C12H10F2O4. The van der Waals surface area contributed by atoms with Crippen molar-refractivity contribution in [2.45, 2.75) is 6.92 Å². The van der Waals surface area contributed by atoms with E-state index in [-0.39, 0.29) is 12.2 Å². The summed E-state index contributed by atoms with van der Waals surface area (Å²) in [5.74, 6) is -5.11. The molecule has 0 unspecified atom stereocenters. The molecule has 0 heterocycles.